The normalized spacial score (nSPS) is 13.7. The van der Waals surface area contributed by atoms with Gasteiger partial charge in [-0.1, -0.05) is 24.3 Å². The molecule has 0 heterocycles. The summed E-state index contributed by atoms with van der Waals surface area (Å²) in [4.78, 5) is 40.2. The van der Waals surface area contributed by atoms with Crippen molar-refractivity contribution in [3.05, 3.63) is 48.5 Å². The molecule has 14 heteroatoms. The zero-order valence-electron chi connectivity index (χ0n) is 23.8. The summed E-state index contributed by atoms with van der Waals surface area (Å²) in [6, 6.07) is 14.6. The molecule has 40 heavy (non-hydrogen) atoms. The first-order valence-corrected chi connectivity index (χ1v) is 12.3. The summed E-state index contributed by atoms with van der Waals surface area (Å²) in [5, 5.41) is 4.98. The lowest BCUT2D eigenvalue weighted by Gasteiger charge is -2.22. The molecule has 2 amide bonds. The molecule has 2 rings (SSSR count). The Morgan fingerprint density at radius 3 is 1.18 bits per heavy atom. The van der Waals surface area contributed by atoms with E-state index in [2.05, 4.69) is 30.6 Å². The third-order valence-electron chi connectivity index (χ3n) is 4.80. The van der Waals surface area contributed by atoms with Crippen LogP contribution in [0.5, 0.6) is 0 Å². The molecule has 0 saturated carbocycles. The second-order valence-corrected chi connectivity index (χ2v) is 11.0. The zero-order chi connectivity index (χ0) is 30.1. The number of hydrogen-bond acceptors (Lipinski definition) is 4. The van der Waals surface area contributed by atoms with Crippen LogP contribution in [0, 0.1) is 0 Å². The van der Waals surface area contributed by atoms with Gasteiger partial charge in [0.15, 0.2) is 13.1 Å². The molecule has 0 aliphatic carbocycles. The largest absolute Gasteiger partial charge is 0.369 e. The molecule has 0 spiro atoms. The molecule has 14 nitrogen and oxygen atoms in total. The molecule has 0 radical (unpaired) electrons. The van der Waals surface area contributed by atoms with E-state index in [9.17, 15) is 9.59 Å². The Labute approximate surface area is 234 Å². The molecule has 0 aromatic heterocycles. The van der Waals surface area contributed by atoms with Gasteiger partial charge in [-0.3, -0.25) is 20.2 Å². The third-order valence-corrected chi connectivity index (χ3v) is 4.80. The summed E-state index contributed by atoms with van der Waals surface area (Å²) in [6.45, 7) is 0.462. The number of nitrogens with two attached hydrogens (primary N) is 4. The van der Waals surface area contributed by atoms with Crippen LogP contribution in [0.2, 0.25) is 0 Å². The van der Waals surface area contributed by atoms with Crippen LogP contribution in [0.3, 0.4) is 0 Å². The number of carbonyl (C=O) groups excluding carboxylic acids is 2. The van der Waals surface area contributed by atoms with Gasteiger partial charge in [0, 0.05) is 0 Å². The monoisotopic (exact) mass is 552 g/mol. The van der Waals surface area contributed by atoms with Gasteiger partial charge in [-0.15, -0.1) is 0 Å². The molecule has 0 fully saturated rings. The molecular weight excluding hydrogens is 512 g/mol. The molecule has 0 saturated heterocycles. The van der Waals surface area contributed by atoms with Crippen LogP contribution in [0.1, 0.15) is 0 Å². The first kappa shape index (κ1) is 31.4. The summed E-state index contributed by atoms with van der Waals surface area (Å²) >= 11 is 0. The van der Waals surface area contributed by atoms with E-state index in [0.717, 1.165) is 11.1 Å². The van der Waals surface area contributed by atoms with Crippen LogP contribution in [0.15, 0.2) is 68.5 Å². The number of amides is 2. The van der Waals surface area contributed by atoms with Gasteiger partial charge in [-0.05, 0) is 35.4 Å². The smallest absolute Gasteiger partial charge is 0.281 e. The molecule has 0 bridgehead atoms. The van der Waals surface area contributed by atoms with Gasteiger partial charge in [-0.25, -0.2) is 9.98 Å². The minimum absolute atomic E-state index is 0.0909. The van der Waals surface area contributed by atoms with Crippen LogP contribution in [0.4, 0.5) is 11.4 Å². The lowest BCUT2D eigenvalue weighted by Crippen LogP contribution is -2.48. The lowest BCUT2D eigenvalue weighted by atomic mass is 10.1. The van der Waals surface area contributed by atoms with Gasteiger partial charge in [0.1, 0.15) is 0 Å². The van der Waals surface area contributed by atoms with Crippen molar-refractivity contribution in [1.29, 1.82) is 0 Å². The average molecular weight is 553 g/mol. The Balaban J connectivity index is 2.03. The highest BCUT2D eigenvalue weighted by Crippen LogP contribution is 2.25. The first-order valence-electron chi connectivity index (χ1n) is 12.3. The minimum Gasteiger partial charge on any atom is -0.369 e. The first-order chi connectivity index (χ1) is 18.5. The number of quaternary nitrogens is 2. The van der Waals surface area contributed by atoms with E-state index in [1.165, 1.54) is 0 Å². The zero-order valence-corrected chi connectivity index (χ0v) is 23.8. The average Bonchev–Trinajstić information content (AvgIpc) is 2.77. The molecular formula is C26H40N12O2+2. The number of likely N-dealkylation sites (N-methyl/N-ethyl adjacent to an activating group) is 2. The SMILES string of the molecule is C[N+](C)(C)CC(=O)N/C(N)=N/C(N)=Nc1ccc(-c2ccc(N=C(N)/N=C(\N)NC(=O)C[N+](C)(C)C)cc2)cc1. The van der Waals surface area contributed by atoms with E-state index in [0.29, 0.717) is 20.3 Å². The topological polar surface area (TPSA) is 212 Å². The molecule has 2 aromatic rings. The molecule has 214 valence electrons. The number of benzene rings is 2. The fraction of sp³-hybridized carbons (Fsp3) is 0.308. The lowest BCUT2D eigenvalue weighted by molar-refractivity contribution is -0.862. The van der Waals surface area contributed by atoms with E-state index in [1.54, 1.807) is 24.3 Å². The maximum atomic E-state index is 12.0. The van der Waals surface area contributed by atoms with Crippen LogP contribution >= 0.6 is 0 Å². The predicted octanol–water partition coefficient (Wildman–Crippen LogP) is -0.480. The maximum Gasteiger partial charge on any atom is 0.281 e. The van der Waals surface area contributed by atoms with Crippen molar-refractivity contribution in [2.24, 2.45) is 42.9 Å². The van der Waals surface area contributed by atoms with Gasteiger partial charge < -0.3 is 31.9 Å². The van der Waals surface area contributed by atoms with Crippen molar-refractivity contribution >= 4 is 47.0 Å². The van der Waals surface area contributed by atoms with E-state index in [1.807, 2.05) is 66.6 Å². The number of nitrogens with zero attached hydrogens (tertiary/aromatic N) is 6. The fourth-order valence-electron chi connectivity index (χ4n) is 3.30. The maximum absolute atomic E-state index is 12.0. The summed E-state index contributed by atoms with van der Waals surface area (Å²) < 4.78 is 0.891. The van der Waals surface area contributed by atoms with E-state index >= 15 is 0 Å². The van der Waals surface area contributed by atoms with Gasteiger partial charge in [0.05, 0.1) is 53.7 Å². The van der Waals surface area contributed by atoms with Gasteiger partial charge in [0.25, 0.3) is 11.8 Å². The summed E-state index contributed by atoms with van der Waals surface area (Å²) in [5.74, 6) is -0.988. The van der Waals surface area contributed by atoms with Crippen LogP contribution < -0.4 is 33.6 Å². The standard InChI is InChI=1S/C26H38N12O2/c1-37(2,3)15-21(39)33-25(29)35-23(27)31-19-11-7-17(8-12-19)18-9-13-20(14-10-18)32-24(28)36-26(30)34-22(40)16-38(4,5)6/h7-14H,15-16H2,1-6H3,(H8-2,27,28,29,30,31,32,33,34,35,36,39,40)/p+2. The number of aliphatic imine (C=N–C) groups is 4. The van der Waals surface area contributed by atoms with Crippen LogP contribution in [0.25, 0.3) is 11.1 Å². The Bertz CT molecular complexity index is 1210. The highest BCUT2D eigenvalue weighted by Gasteiger charge is 2.16. The van der Waals surface area contributed by atoms with Crippen molar-refractivity contribution in [1.82, 2.24) is 10.6 Å². The summed E-state index contributed by atoms with van der Waals surface area (Å²) in [5.41, 5.74) is 26.2. The quantitative estimate of drug-likeness (QED) is 0.151. The van der Waals surface area contributed by atoms with Gasteiger partial charge >= 0.3 is 0 Å². The molecule has 2 aromatic carbocycles. The number of rotatable bonds is 7. The van der Waals surface area contributed by atoms with E-state index in [-0.39, 0.29) is 48.7 Å². The summed E-state index contributed by atoms with van der Waals surface area (Å²) in [6.07, 6.45) is 0. The second kappa shape index (κ2) is 13.3. The highest BCUT2D eigenvalue weighted by atomic mass is 16.2. The van der Waals surface area contributed by atoms with Crippen molar-refractivity contribution < 1.29 is 18.6 Å². The Kier molecular flexibility index (Phi) is 10.4. The van der Waals surface area contributed by atoms with Gasteiger partial charge in [-0.2, -0.15) is 9.98 Å². The third kappa shape index (κ3) is 12.1. The van der Waals surface area contributed by atoms with Gasteiger partial charge in [0.2, 0.25) is 23.8 Å². The van der Waals surface area contributed by atoms with Crippen molar-refractivity contribution in [2.45, 2.75) is 0 Å². The van der Waals surface area contributed by atoms with Crippen molar-refractivity contribution in [2.75, 3.05) is 55.4 Å². The number of nitrogens with one attached hydrogen (secondary N) is 2. The van der Waals surface area contributed by atoms with Crippen molar-refractivity contribution in [3.63, 3.8) is 0 Å². The van der Waals surface area contributed by atoms with Crippen molar-refractivity contribution in [3.8, 4) is 11.1 Å². The Morgan fingerprint density at radius 2 is 0.900 bits per heavy atom. The molecule has 0 aliphatic rings. The fourth-order valence-corrected chi connectivity index (χ4v) is 3.30. The Morgan fingerprint density at radius 1 is 0.600 bits per heavy atom. The number of carbonyl (C=O) groups is 2. The molecule has 0 unspecified atom stereocenters. The van der Waals surface area contributed by atoms with Crippen LogP contribution in [-0.4, -0.2) is 100.0 Å². The predicted molar refractivity (Wildman–Crippen MR) is 160 cm³/mol. The molecule has 0 aliphatic heterocycles. The van der Waals surface area contributed by atoms with E-state index < -0.39 is 0 Å². The molecule has 10 N–H and O–H groups in total. The second-order valence-electron chi connectivity index (χ2n) is 11.0. The Hall–Kier alpha value is -4.82. The summed E-state index contributed by atoms with van der Waals surface area (Å²) in [7, 11) is 11.3. The van der Waals surface area contributed by atoms with E-state index in [4.69, 9.17) is 22.9 Å². The minimum atomic E-state index is -0.276. The van der Waals surface area contributed by atoms with Crippen LogP contribution in [-0.2, 0) is 9.59 Å². The number of guanidine groups is 4. The molecule has 0 atom stereocenters. The number of hydrogen-bond donors (Lipinski definition) is 6. The highest BCUT2D eigenvalue weighted by molar-refractivity contribution is 6.03.